The normalized spacial score (nSPS) is 13.9. The molecule has 174 valence electrons. The molecule has 1 N–H and O–H groups in total. The van der Waals surface area contributed by atoms with Gasteiger partial charge in [-0.1, -0.05) is 48.5 Å². The summed E-state index contributed by atoms with van der Waals surface area (Å²) in [5.41, 5.74) is 4.42. The largest absolute Gasteiger partial charge is 0.416 e. The molecule has 0 aromatic heterocycles. The monoisotopic (exact) mass is 463 g/mol. The third-order valence-electron chi connectivity index (χ3n) is 5.65. The van der Waals surface area contributed by atoms with Crippen molar-refractivity contribution in [3.63, 3.8) is 0 Å². The Balaban J connectivity index is 1.38. The second-order valence-corrected chi connectivity index (χ2v) is 8.04. The van der Waals surface area contributed by atoms with Crippen LogP contribution in [0.1, 0.15) is 32.6 Å². The van der Waals surface area contributed by atoms with E-state index < -0.39 is 11.7 Å². The van der Waals surface area contributed by atoms with E-state index in [0.29, 0.717) is 17.7 Å². The number of aliphatic imine (C=N–C) groups is 1. The number of amides is 1. The van der Waals surface area contributed by atoms with Gasteiger partial charge in [0.15, 0.2) is 0 Å². The van der Waals surface area contributed by atoms with Gasteiger partial charge in [-0.2, -0.15) is 13.2 Å². The van der Waals surface area contributed by atoms with E-state index in [-0.39, 0.29) is 12.5 Å². The molecular weight excluding hydrogens is 439 g/mol. The standard InChI is InChI=1S/C27H24F3N3O/c1-33-17-16-31-24(23-4-2-3-5-25(23)33)15-10-19-6-11-21(12-7-19)26(34)32-18-20-8-13-22(14-9-20)27(28,29)30/h2-15H,16-18H2,1H3,(H,32,34)/b15-10+. The van der Waals surface area contributed by atoms with Gasteiger partial charge in [0.05, 0.1) is 17.8 Å². The number of hydrogen-bond acceptors (Lipinski definition) is 3. The number of alkyl halides is 3. The van der Waals surface area contributed by atoms with Crippen molar-refractivity contribution < 1.29 is 18.0 Å². The zero-order valence-electron chi connectivity index (χ0n) is 18.6. The molecule has 0 saturated carbocycles. The van der Waals surface area contributed by atoms with Crippen LogP contribution in [0.5, 0.6) is 0 Å². The van der Waals surface area contributed by atoms with Gasteiger partial charge in [-0.05, 0) is 47.5 Å². The molecule has 3 aromatic rings. The number of anilines is 1. The zero-order chi connectivity index (χ0) is 24.1. The minimum absolute atomic E-state index is 0.145. The summed E-state index contributed by atoms with van der Waals surface area (Å²) >= 11 is 0. The summed E-state index contributed by atoms with van der Waals surface area (Å²) in [6, 6.07) is 20.0. The highest BCUT2D eigenvalue weighted by atomic mass is 19.4. The molecule has 1 aliphatic heterocycles. The van der Waals surface area contributed by atoms with Crippen molar-refractivity contribution in [3.8, 4) is 0 Å². The van der Waals surface area contributed by atoms with Gasteiger partial charge >= 0.3 is 6.18 Å². The third kappa shape index (κ3) is 5.54. The molecule has 0 radical (unpaired) electrons. The number of likely N-dealkylation sites (N-methyl/N-ethyl adjacent to an activating group) is 1. The predicted molar refractivity (Wildman–Crippen MR) is 129 cm³/mol. The van der Waals surface area contributed by atoms with Gasteiger partial charge in [0.2, 0.25) is 0 Å². The maximum absolute atomic E-state index is 12.7. The summed E-state index contributed by atoms with van der Waals surface area (Å²) in [5, 5.41) is 2.74. The molecule has 0 spiro atoms. The molecule has 3 aromatic carbocycles. The average Bonchev–Trinajstić information content (AvgIpc) is 3.00. The van der Waals surface area contributed by atoms with Crippen molar-refractivity contribution in [2.24, 2.45) is 4.99 Å². The van der Waals surface area contributed by atoms with E-state index in [2.05, 4.69) is 29.4 Å². The Kier molecular flexibility index (Phi) is 6.82. The van der Waals surface area contributed by atoms with Gasteiger partial charge in [-0.25, -0.2) is 0 Å². The van der Waals surface area contributed by atoms with Crippen LogP contribution in [0.25, 0.3) is 6.08 Å². The number of carbonyl (C=O) groups excluding carboxylic acids is 1. The molecule has 0 aliphatic carbocycles. The second kappa shape index (κ2) is 9.95. The molecule has 7 heteroatoms. The lowest BCUT2D eigenvalue weighted by atomic mass is 10.0. The van der Waals surface area contributed by atoms with Crippen molar-refractivity contribution in [2.45, 2.75) is 12.7 Å². The molecule has 0 saturated heterocycles. The molecule has 0 bridgehead atoms. The van der Waals surface area contributed by atoms with E-state index in [9.17, 15) is 18.0 Å². The number of benzene rings is 3. The van der Waals surface area contributed by atoms with Crippen molar-refractivity contribution >= 4 is 23.4 Å². The summed E-state index contributed by atoms with van der Waals surface area (Å²) in [7, 11) is 2.06. The van der Waals surface area contributed by atoms with Crippen LogP contribution in [0.3, 0.4) is 0 Å². The fourth-order valence-corrected chi connectivity index (χ4v) is 3.71. The number of rotatable bonds is 5. The van der Waals surface area contributed by atoms with E-state index in [1.807, 2.05) is 36.4 Å². The van der Waals surface area contributed by atoms with Crippen molar-refractivity contribution in [2.75, 3.05) is 25.0 Å². The van der Waals surface area contributed by atoms with Gasteiger partial charge in [0, 0.05) is 37.0 Å². The Morgan fingerprint density at radius 1 is 1.00 bits per heavy atom. The van der Waals surface area contributed by atoms with Crippen LogP contribution in [0.15, 0.2) is 83.9 Å². The minimum Gasteiger partial charge on any atom is -0.372 e. The Bertz CT molecular complexity index is 1210. The first-order valence-electron chi connectivity index (χ1n) is 10.9. The highest BCUT2D eigenvalue weighted by Gasteiger charge is 2.29. The van der Waals surface area contributed by atoms with Gasteiger partial charge in [0.25, 0.3) is 5.91 Å². The molecule has 0 unspecified atom stereocenters. The Hall–Kier alpha value is -3.87. The summed E-state index contributed by atoms with van der Waals surface area (Å²) in [6.07, 6.45) is -0.428. The number of carbonyl (C=O) groups is 1. The highest BCUT2D eigenvalue weighted by molar-refractivity contribution is 6.14. The molecule has 34 heavy (non-hydrogen) atoms. The number of nitrogens with one attached hydrogen (secondary N) is 1. The van der Waals surface area contributed by atoms with Gasteiger partial charge in [0.1, 0.15) is 0 Å². The lowest BCUT2D eigenvalue weighted by Crippen LogP contribution is -2.22. The van der Waals surface area contributed by atoms with Crippen molar-refractivity contribution in [1.29, 1.82) is 0 Å². The molecule has 1 aliphatic rings. The van der Waals surface area contributed by atoms with Gasteiger partial charge < -0.3 is 10.2 Å². The van der Waals surface area contributed by atoms with Gasteiger partial charge in [-0.15, -0.1) is 0 Å². The van der Waals surface area contributed by atoms with Gasteiger partial charge in [-0.3, -0.25) is 9.79 Å². The summed E-state index contributed by atoms with van der Waals surface area (Å²) in [5.74, 6) is -0.291. The van der Waals surface area contributed by atoms with Crippen LogP contribution in [0.2, 0.25) is 0 Å². The fourth-order valence-electron chi connectivity index (χ4n) is 3.71. The first-order chi connectivity index (χ1) is 16.3. The number of allylic oxidation sites excluding steroid dienone is 1. The van der Waals surface area contributed by atoms with E-state index in [1.54, 1.807) is 12.1 Å². The minimum atomic E-state index is -4.37. The lowest BCUT2D eigenvalue weighted by Gasteiger charge is -2.18. The first kappa shape index (κ1) is 23.3. The van der Waals surface area contributed by atoms with Crippen LogP contribution in [-0.4, -0.2) is 31.8 Å². The fraction of sp³-hybridized carbons (Fsp3) is 0.185. The Morgan fingerprint density at radius 3 is 2.41 bits per heavy atom. The average molecular weight is 464 g/mol. The number of hydrogen-bond donors (Lipinski definition) is 1. The number of nitrogens with zero attached hydrogens (tertiary/aromatic N) is 2. The summed E-state index contributed by atoms with van der Waals surface area (Å²) < 4.78 is 38.0. The van der Waals surface area contributed by atoms with Crippen molar-refractivity contribution in [3.05, 3.63) is 107 Å². The smallest absolute Gasteiger partial charge is 0.372 e. The number of fused-ring (bicyclic) bond motifs is 1. The second-order valence-electron chi connectivity index (χ2n) is 8.04. The summed E-state index contributed by atoms with van der Waals surface area (Å²) in [6.45, 7) is 1.71. The van der Waals surface area contributed by atoms with Crippen LogP contribution in [-0.2, 0) is 12.7 Å². The molecule has 4 rings (SSSR count). The quantitative estimate of drug-likeness (QED) is 0.536. The predicted octanol–water partition coefficient (Wildman–Crippen LogP) is 5.59. The van der Waals surface area contributed by atoms with E-state index >= 15 is 0 Å². The topological polar surface area (TPSA) is 44.7 Å². The summed E-state index contributed by atoms with van der Waals surface area (Å²) in [4.78, 5) is 19.3. The zero-order valence-corrected chi connectivity index (χ0v) is 18.6. The Labute approximate surface area is 196 Å². The third-order valence-corrected chi connectivity index (χ3v) is 5.65. The molecule has 4 nitrogen and oxygen atoms in total. The van der Waals surface area contributed by atoms with Crippen molar-refractivity contribution in [1.82, 2.24) is 5.32 Å². The Morgan fingerprint density at radius 2 is 1.71 bits per heavy atom. The highest BCUT2D eigenvalue weighted by Crippen LogP contribution is 2.29. The van der Waals surface area contributed by atoms with Crippen LogP contribution in [0, 0.1) is 0 Å². The lowest BCUT2D eigenvalue weighted by molar-refractivity contribution is -0.137. The SMILES string of the molecule is CN1CCN=C(/C=C/c2ccc(C(=O)NCc3ccc(C(F)(F)F)cc3)cc2)c2ccccc21. The first-order valence-corrected chi connectivity index (χ1v) is 10.9. The maximum atomic E-state index is 12.7. The molecule has 1 heterocycles. The van der Waals surface area contributed by atoms with Crippen LogP contribution < -0.4 is 10.2 Å². The maximum Gasteiger partial charge on any atom is 0.416 e. The van der Waals surface area contributed by atoms with E-state index in [0.717, 1.165) is 41.2 Å². The van der Waals surface area contributed by atoms with Crippen LogP contribution in [0.4, 0.5) is 18.9 Å². The molecular formula is C27H24F3N3O. The number of para-hydroxylation sites is 1. The molecule has 1 amide bonds. The van der Waals surface area contributed by atoms with E-state index in [4.69, 9.17) is 4.99 Å². The number of halogens is 3. The molecule has 0 atom stereocenters. The molecule has 0 fully saturated rings. The van der Waals surface area contributed by atoms with E-state index in [1.165, 1.54) is 12.1 Å². The number of benzodiazepines with no additional fused rings is 1. The van der Waals surface area contributed by atoms with Crippen LogP contribution >= 0.6 is 0 Å².